The third kappa shape index (κ3) is 2.91. The largest absolute Gasteiger partial charge is 0.327 e. The summed E-state index contributed by atoms with van der Waals surface area (Å²) in [5.74, 6) is 1.32. The van der Waals surface area contributed by atoms with Crippen LogP contribution in [0.3, 0.4) is 0 Å². The van der Waals surface area contributed by atoms with E-state index in [1.807, 2.05) is 12.3 Å². The first-order valence-corrected chi connectivity index (χ1v) is 7.17. The van der Waals surface area contributed by atoms with E-state index in [9.17, 15) is 4.79 Å². The Balaban J connectivity index is 1.77. The summed E-state index contributed by atoms with van der Waals surface area (Å²) in [6.45, 7) is 5.39. The predicted molar refractivity (Wildman–Crippen MR) is 78.4 cm³/mol. The van der Waals surface area contributed by atoms with Gasteiger partial charge in [-0.3, -0.25) is 9.78 Å². The van der Waals surface area contributed by atoms with Crippen LogP contribution in [-0.4, -0.2) is 25.8 Å². The van der Waals surface area contributed by atoms with Gasteiger partial charge in [0.25, 0.3) is 5.91 Å². The highest BCUT2D eigenvalue weighted by molar-refractivity contribution is 5.92. The fourth-order valence-electron chi connectivity index (χ4n) is 2.45. The molecule has 0 aliphatic carbocycles. The van der Waals surface area contributed by atoms with Gasteiger partial charge in [0, 0.05) is 30.9 Å². The van der Waals surface area contributed by atoms with Crippen LogP contribution >= 0.6 is 0 Å². The highest BCUT2D eigenvalue weighted by Crippen LogP contribution is 2.22. The number of hydrogen-bond donors (Lipinski definition) is 0. The topological polar surface area (TPSA) is 59.0 Å². The molecule has 0 saturated heterocycles. The van der Waals surface area contributed by atoms with E-state index in [4.69, 9.17) is 0 Å². The highest BCUT2D eigenvalue weighted by Gasteiger charge is 2.26. The minimum Gasteiger partial charge on any atom is -0.327 e. The lowest BCUT2D eigenvalue weighted by atomic mass is 10.1. The summed E-state index contributed by atoms with van der Waals surface area (Å²) in [6.07, 6.45) is 4.35. The summed E-state index contributed by atoms with van der Waals surface area (Å²) in [7, 11) is 0. The van der Waals surface area contributed by atoms with Gasteiger partial charge in [-0.15, -0.1) is 0 Å². The molecule has 1 aliphatic heterocycles. The summed E-state index contributed by atoms with van der Waals surface area (Å²) in [5.41, 5.74) is 2.47. The molecular weight excluding hydrogens is 264 g/mol. The molecule has 2 aromatic heterocycles. The fourth-order valence-corrected chi connectivity index (χ4v) is 2.45. The predicted octanol–water partition coefficient (Wildman–Crippen LogP) is 2.23. The minimum absolute atomic E-state index is 0.0565. The first kappa shape index (κ1) is 13.7. The lowest BCUT2D eigenvalue weighted by Crippen LogP contribution is -2.26. The van der Waals surface area contributed by atoms with Gasteiger partial charge in [0.1, 0.15) is 11.5 Å². The van der Waals surface area contributed by atoms with Crippen molar-refractivity contribution in [1.29, 1.82) is 0 Å². The van der Waals surface area contributed by atoms with Crippen LogP contribution in [0, 0.1) is 5.92 Å². The Morgan fingerprint density at radius 2 is 2.14 bits per heavy atom. The summed E-state index contributed by atoms with van der Waals surface area (Å²) in [4.78, 5) is 27.3. The zero-order valence-corrected chi connectivity index (χ0v) is 12.3. The van der Waals surface area contributed by atoms with Crippen LogP contribution in [0.25, 0.3) is 0 Å². The molecule has 5 heteroatoms. The fraction of sp³-hybridized carbons (Fsp3) is 0.375. The van der Waals surface area contributed by atoms with Crippen molar-refractivity contribution in [1.82, 2.24) is 19.9 Å². The molecule has 3 rings (SSSR count). The Kier molecular flexibility index (Phi) is 3.64. The molecule has 0 spiro atoms. The van der Waals surface area contributed by atoms with Gasteiger partial charge in [0.05, 0.1) is 12.2 Å². The number of carbonyl (C=O) groups is 1. The molecule has 0 N–H and O–H groups in total. The third-order valence-electron chi connectivity index (χ3n) is 3.47. The highest BCUT2D eigenvalue weighted by atomic mass is 16.2. The van der Waals surface area contributed by atoms with E-state index in [0.717, 1.165) is 23.5 Å². The Morgan fingerprint density at radius 1 is 1.29 bits per heavy atom. The molecule has 1 aliphatic rings. The van der Waals surface area contributed by atoms with E-state index in [2.05, 4.69) is 28.8 Å². The van der Waals surface area contributed by atoms with Gasteiger partial charge in [-0.1, -0.05) is 19.9 Å². The molecule has 5 nitrogen and oxygen atoms in total. The van der Waals surface area contributed by atoms with Gasteiger partial charge < -0.3 is 4.90 Å². The van der Waals surface area contributed by atoms with Crippen LogP contribution in [0.5, 0.6) is 0 Å². The quantitative estimate of drug-likeness (QED) is 0.866. The van der Waals surface area contributed by atoms with E-state index in [0.29, 0.717) is 24.7 Å². The smallest absolute Gasteiger partial charge is 0.273 e. The summed E-state index contributed by atoms with van der Waals surface area (Å²) >= 11 is 0. The third-order valence-corrected chi connectivity index (χ3v) is 3.47. The lowest BCUT2D eigenvalue weighted by molar-refractivity contribution is 0.0744. The molecule has 21 heavy (non-hydrogen) atoms. The molecule has 2 aromatic rings. The van der Waals surface area contributed by atoms with Crippen molar-refractivity contribution in [3.8, 4) is 0 Å². The first-order chi connectivity index (χ1) is 10.1. The van der Waals surface area contributed by atoms with Gasteiger partial charge in [-0.2, -0.15) is 0 Å². The number of amides is 1. The van der Waals surface area contributed by atoms with Crippen LogP contribution in [0.2, 0.25) is 0 Å². The lowest BCUT2D eigenvalue weighted by Gasteiger charge is -2.13. The second-order valence-electron chi connectivity index (χ2n) is 5.73. The van der Waals surface area contributed by atoms with E-state index < -0.39 is 0 Å². The van der Waals surface area contributed by atoms with E-state index in [1.54, 1.807) is 23.2 Å². The van der Waals surface area contributed by atoms with Gasteiger partial charge >= 0.3 is 0 Å². The molecule has 0 aromatic carbocycles. The molecule has 1 amide bonds. The van der Waals surface area contributed by atoms with Crippen LogP contribution < -0.4 is 0 Å². The number of carbonyl (C=O) groups excluding carboxylic acids is 1. The van der Waals surface area contributed by atoms with Gasteiger partial charge in [-0.05, 0) is 18.1 Å². The maximum Gasteiger partial charge on any atom is 0.273 e. The Labute approximate surface area is 124 Å². The van der Waals surface area contributed by atoms with Crippen molar-refractivity contribution in [2.45, 2.75) is 33.4 Å². The van der Waals surface area contributed by atoms with Crippen molar-refractivity contribution in [3.63, 3.8) is 0 Å². The number of rotatable bonds is 3. The van der Waals surface area contributed by atoms with Gasteiger partial charge in [0.2, 0.25) is 0 Å². The molecule has 108 valence electrons. The number of pyridine rings is 1. The summed E-state index contributed by atoms with van der Waals surface area (Å²) in [6, 6.07) is 5.37. The van der Waals surface area contributed by atoms with Crippen LogP contribution in [0.15, 0.2) is 30.6 Å². The van der Waals surface area contributed by atoms with Crippen LogP contribution in [0.4, 0.5) is 0 Å². The van der Waals surface area contributed by atoms with Crippen molar-refractivity contribution >= 4 is 5.91 Å². The molecule has 0 unspecified atom stereocenters. The zero-order chi connectivity index (χ0) is 14.8. The molecule has 0 bridgehead atoms. The first-order valence-electron chi connectivity index (χ1n) is 7.17. The number of nitrogens with zero attached hydrogens (tertiary/aromatic N) is 4. The molecule has 0 fully saturated rings. The Bertz CT molecular complexity index is 655. The molecule has 0 radical (unpaired) electrons. The zero-order valence-electron chi connectivity index (χ0n) is 12.3. The molecule has 0 atom stereocenters. The number of aromatic nitrogens is 3. The van der Waals surface area contributed by atoms with E-state index in [1.165, 1.54) is 0 Å². The summed E-state index contributed by atoms with van der Waals surface area (Å²) < 4.78 is 0. The monoisotopic (exact) mass is 282 g/mol. The number of hydrogen-bond acceptors (Lipinski definition) is 4. The van der Waals surface area contributed by atoms with Crippen molar-refractivity contribution in [2.75, 3.05) is 0 Å². The molecule has 3 heterocycles. The maximum atomic E-state index is 12.4. The van der Waals surface area contributed by atoms with E-state index >= 15 is 0 Å². The van der Waals surface area contributed by atoms with Crippen molar-refractivity contribution in [2.24, 2.45) is 5.92 Å². The van der Waals surface area contributed by atoms with E-state index in [-0.39, 0.29) is 5.91 Å². The average molecular weight is 282 g/mol. The average Bonchev–Trinajstić information content (AvgIpc) is 2.90. The minimum atomic E-state index is -0.0565. The SMILES string of the molecule is CC(C)Cc1ncc2c(n1)CN(C(=O)c1ccccn1)C2. The molecular formula is C16H18N4O. The van der Waals surface area contributed by atoms with Gasteiger partial charge in [-0.25, -0.2) is 9.97 Å². The Morgan fingerprint density at radius 3 is 2.86 bits per heavy atom. The standard InChI is InChI=1S/C16H18N4O/c1-11(2)7-15-18-8-12-9-20(10-14(12)19-15)16(21)13-5-3-4-6-17-13/h3-6,8,11H,7,9-10H2,1-2H3. The second-order valence-corrected chi connectivity index (χ2v) is 5.73. The normalized spacial score (nSPS) is 13.6. The second kappa shape index (κ2) is 5.60. The van der Waals surface area contributed by atoms with Gasteiger partial charge in [0.15, 0.2) is 0 Å². The number of fused-ring (bicyclic) bond motifs is 1. The maximum absolute atomic E-state index is 12.4. The van der Waals surface area contributed by atoms with Crippen LogP contribution in [0.1, 0.15) is 41.4 Å². The Hall–Kier alpha value is -2.30. The van der Waals surface area contributed by atoms with Crippen LogP contribution in [-0.2, 0) is 19.5 Å². The van der Waals surface area contributed by atoms with Crippen molar-refractivity contribution < 1.29 is 4.79 Å². The molecule has 0 saturated carbocycles. The summed E-state index contributed by atoms with van der Waals surface area (Å²) in [5, 5.41) is 0. The van der Waals surface area contributed by atoms with Crippen molar-refractivity contribution in [3.05, 3.63) is 53.4 Å².